The molecule has 0 bridgehead atoms. The Morgan fingerprint density at radius 3 is 2.05 bits per heavy atom. The first-order valence-electron chi connectivity index (χ1n) is 12.0. The standard InChI is InChI=1S/C29H21N7O2/c37-24(21-13-6-2-7-14-21)26-32-25(34-28(38)22-15-8-3-9-16-22)23-27(33-26)35(19-20-11-4-1-5-12-20)29(31-23)36-18-10-17-30-36/h1-18H,19H2,(H,32,33,34,38). The molecule has 0 atom stereocenters. The number of hydrogen-bond donors (Lipinski definition) is 1. The number of aromatic nitrogens is 6. The van der Waals surface area contributed by atoms with Gasteiger partial charge in [0.05, 0.1) is 6.54 Å². The number of fused-ring (bicyclic) bond motifs is 1. The van der Waals surface area contributed by atoms with Crippen molar-refractivity contribution in [1.82, 2.24) is 29.3 Å². The summed E-state index contributed by atoms with van der Waals surface area (Å²) in [6.07, 6.45) is 3.43. The van der Waals surface area contributed by atoms with Gasteiger partial charge in [-0.3, -0.25) is 14.2 Å². The first-order valence-corrected chi connectivity index (χ1v) is 12.0. The number of rotatable bonds is 7. The molecule has 3 heterocycles. The van der Waals surface area contributed by atoms with Crippen LogP contribution in [-0.2, 0) is 6.54 Å². The Balaban J connectivity index is 1.56. The van der Waals surface area contributed by atoms with Crippen LogP contribution in [0.25, 0.3) is 17.1 Å². The largest absolute Gasteiger partial charge is 0.305 e. The van der Waals surface area contributed by atoms with Crippen molar-refractivity contribution < 1.29 is 9.59 Å². The topological polar surface area (TPSA) is 108 Å². The van der Waals surface area contributed by atoms with Crippen LogP contribution in [0.2, 0.25) is 0 Å². The van der Waals surface area contributed by atoms with Gasteiger partial charge >= 0.3 is 0 Å². The molecule has 0 spiro atoms. The van der Waals surface area contributed by atoms with Gasteiger partial charge in [-0.05, 0) is 23.8 Å². The number of ketones is 1. The predicted molar refractivity (Wildman–Crippen MR) is 142 cm³/mol. The molecule has 0 saturated carbocycles. The molecule has 9 nitrogen and oxygen atoms in total. The lowest BCUT2D eigenvalue weighted by molar-refractivity contribution is 0.101. The highest BCUT2D eigenvalue weighted by Crippen LogP contribution is 2.26. The molecule has 9 heteroatoms. The number of nitrogens with one attached hydrogen (secondary N) is 1. The summed E-state index contributed by atoms with van der Waals surface area (Å²) in [6.45, 7) is 0.411. The summed E-state index contributed by atoms with van der Waals surface area (Å²) in [5, 5.41) is 7.21. The van der Waals surface area contributed by atoms with Crippen LogP contribution in [0.15, 0.2) is 109 Å². The van der Waals surface area contributed by atoms with E-state index in [1.54, 1.807) is 71.7 Å². The minimum atomic E-state index is -0.373. The molecule has 6 rings (SSSR count). The average Bonchev–Trinajstić information content (AvgIpc) is 3.63. The summed E-state index contributed by atoms with van der Waals surface area (Å²) >= 11 is 0. The van der Waals surface area contributed by atoms with Gasteiger partial charge in [0.15, 0.2) is 17.0 Å². The normalized spacial score (nSPS) is 10.9. The van der Waals surface area contributed by atoms with Gasteiger partial charge in [-0.15, -0.1) is 0 Å². The lowest BCUT2D eigenvalue weighted by Crippen LogP contribution is -2.16. The van der Waals surface area contributed by atoms with Crippen molar-refractivity contribution in [1.29, 1.82) is 0 Å². The first-order chi connectivity index (χ1) is 18.7. The van der Waals surface area contributed by atoms with Crippen LogP contribution in [0.3, 0.4) is 0 Å². The highest BCUT2D eigenvalue weighted by Gasteiger charge is 2.24. The fraction of sp³-hybridized carbons (Fsp3) is 0.0345. The second kappa shape index (κ2) is 9.90. The third kappa shape index (κ3) is 4.44. The molecule has 3 aromatic carbocycles. The Morgan fingerprint density at radius 1 is 0.737 bits per heavy atom. The van der Waals surface area contributed by atoms with Crippen LogP contribution < -0.4 is 5.32 Å². The molecule has 1 amide bonds. The van der Waals surface area contributed by atoms with Crippen LogP contribution in [0.1, 0.15) is 32.1 Å². The molecule has 38 heavy (non-hydrogen) atoms. The molecule has 0 fully saturated rings. The van der Waals surface area contributed by atoms with Crippen LogP contribution in [0.5, 0.6) is 0 Å². The zero-order chi connectivity index (χ0) is 25.9. The number of amides is 1. The molecular formula is C29H21N7O2. The second-order valence-corrected chi connectivity index (χ2v) is 8.52. The van der Waals surface area contributed by atoms with E-state index in [2.05, 4.69) is 20.4 Å². The summed E-state index contributed by atoms with van der Waals surface area (Å²) in [5.41, 5.74) is 2.64. The van der Waals surface area contributed by atoms with Crippen molar-refractivity contribution in [2.75, 3.05) is 5.32 Å². The van der Waals surface area contributed by atoms with E-state index >= 15 is 0 Å². The van der Waals surface area contributed by atoms with E-state index in [0.29, 0.717) is 34.8 Å². The van der Waals surface area contributed by atoms with E-state index < -0.39 is 0 Å². The van der Waals surface area contributed by atoms with Crippen molar-refractivity contribution in [3.8, 4) is 5.95 Å². The molecule has 1 N–H and O–H groups in total. The summed E-state index contributed by atoms with van der Waals surface area (Å²) in [5.74, 6) is -0.169. The molecular weight excluding hydrogens is 478 g/mol. The Morgan fingerprint density at radius 2 is 1.39 bits per heavy atom. The fourth-order valence-corrected chi connectivity index (χ4v) is 4.14. The smallest absolute Gasteiger partial charge is 0.256 e. The molecule has 0 aliphatic carbocycles. The molecule has 0 radical (unpaired) electrons. The number of nitrogens with zero attached hydrogens (tertiary/aromatic N) is 6. The van der Waals surface area contributed by atoms with Gasteiger partial charge in [0, 0.05) is 23.5 Å². The van der Waals surface area contributed by atoms with Gasteiger partial charge in [0.1, 0.15) is 0 Å². The van der Waals surface area contributed by atoms with Crippen LogP contribution in [0.4, 0.5) is 5.82 Å². The summed E-state index contributed by atoms with van der Waals surface area (Å²) < 4.78 is 3.48. The third-order valence-electron chi connectivity index (χ3n) is 5.97. The van der Waals surface area contributed by atoms with Gasteiger partial charge in [0.2, 0.25) is 17.6 Å². The van der Waals surface area contributed by atoms with Gasteiger partial charge in [-0.1, -0.05) is 78.9 Å². The summed E-state index contributed by atoms with van der Waals surface area (Å²) in [7, 11) is 0. The molecule has 0 saturated heterocycles. The Hall–Kier alpha value is -5.44. The van der Waals surface area contributed by atoms with E-state index in [-0.39, 0.29) is 23.3 Å². The monoisotopic (exact) mass is 499 g/mol. The third-order valence-corrected chi connectivity index (χ3v) is 5.97. The lowest BCUT2D eigenvalue weighted by atomic mass is 10.1. The van der Waals surface area contributed by atoms with E-state index in [4.69, 9.17) is 4.98 Å². The van der Waals surface area contributed by atoms with Crippen molar-refractivity contribution in [3.05, 3.63) is 132 Å². The molecule has 0 aliphatic heterocycles. The second-order valence-electron chi connectivity index (χ2n) is 8.52. The van der Waals surface area contributed by atoms with Crippen molar-refractivity contribution >= 4 is 28.7 Å². The van der Waals surface area contributed by atoms with Gasteiger partial charge in [-0.25, -0.2) is 19.6 Å². The highest BCUT2D eigenvalue weighted by molar-refractivity contribution is 6.10. The van der Waals surface area contributed by atoms with E-state index in [0.717, 1.165) is 5.56 Å². The number of hydrogen-bond acceptors (Lipinski definition) is 6. The zero-order valence-corrected chi connectivity index (χ0v) is 20.1. The van der Waals surface area contributed by atoms with Crippen molar-refractivity contribution in [3.63, 3.8) is 0 Å². The lowest BCUT2D eigenvalue weighted by Gasteiger charge is -2.10. The average molecular weight is 500 g/mol. The van der Waals surface area contributed by atoms with Gasteiger partial charge in [-0.2, -0.15) is 5.10 Å². The Labute approximate surface area is 217 Å². The minimum absolute atomic E-state index is 0.0479. The van der Waals surface area contributed by atoms with Crippen molar-refractivity contribution in [2.24, 2.45) is 0 Å². The fourth-order valence-electron chi connectivity index (χ4n) is 4.14. The zero-order valence-electron chi connectivity index (χ0n) is 20.1. The number of anilines is 1. The minimum Gasteiger partial charge on any atom is -0.305 e. The maximum atomic E-state index is 13.4. The maximum Gasteiger partial charge on any atom is 0.256 e. The molecule has 0 aliphatic rings. The predicted octanol–water partition coefficient (Wildman–Crippen LogP) is 4.54. The summed E-state index contributed by atoms with van der Waals surface area (Å²) in [6, 6.07) is 29.2. The van der Waals surface area contributed by atoms with Crippen LogP contribution in [-0.4, -0.2) is 41.0 Å². The van der Waals surface area contributed by atoms with Gasteiger partial charge < -0.3 is 5.32 Å². The van der Waals surface area contributed by atoms with E-state index in [1.165, 1.54) is 0 Å². The molecule has 6 aromatic rings. The Bertz CT molecular complexity index is 1730. The van der Waals surface area contributed by atoms with Crippen LogP contribution in [0, 0.1) is 0 Å². The number of carbonyl (C=O) groups is 2. The molecule has 184 valence electrons. The quantitative estimate of drug-likeness (QED) is 0.323. The number of benzene rings is 3. The van der Waals surface area contributed by atoms with Gasteiger partial charge in [0.25, 0.3) is 5.91 Å². The Kier molecular flexibility index (Phi) is 5.99. The summed E-state index contributed by atoms with van der Waals surface area (Å²) in [4.78, 5) is 40.5. The molecule has 0 unspecified atom stereocenters. The number of imidazole rings is 1. The van der Waals surface area contributed by atoms with E-state index in [1.807, 2.05) is 47.0 Å². The number of carbonyl (C=O) groups excluding carboxylic acids is 2. The van der Waals surface area contributed by atoms with E-state index in [9.17, 15) is 9.59 Å². The van der Waals surface area contributed by atoms with Crippen LogP contribution >= 0.6 is 0 Å². The molecule has 3 aromatic heterocycles. The SMILES string of the molecule is O=C(Nc1nc(C(=O)c2ccccc2)nc2c1nc(-n1cccn1)n2Cc1ccccc1)c1ccccc1. The maximum absolute atomic E-state index is 13.4. The van der Waals surface area contributed by atoms with Crippen molar-refractivity contribution in [2.45, 2.75) is 6.54 Å². The first kappa shape index (κ1) is 23.0. The highest BCUT2D eigenvalue weighted by atomic mass is 16.2.